The van der Waals surface area contributed by atoms with Gasteiger partial charge in [0.25, 0.3) is 0 Å². The van der Waals surface area contributed by atoms with E-state index in [1.54, 1.807) is 0 Å². The third-order valence-electron chi connectivity index (χ3n) is 3.24. The molecule has 2 heterocycles. The van der Waals surface area contributed by atoms with Crippen molar-refractivity contribution in [1.82, 2.24) is 9.80 Å². The van der Waals surface area contributed by atoms with Crippen LogP contribution < -0.4 is 0 Å². The Morgan fingerprint density at radius 1 is 1.40 bits per heavy atom. The molecule has 1 atom stereocenters. The molecule has 5 heteroatoms. The third-order valence-corrected chi connectivity index (χ3v) is 3.24. The number of carbonyl (C=O) groups is 1. The zero-order chi connectivity index (χ0) is 10.9. The number of ether oxygens (including phenoxy) is 1. The Kier molecular flexibility index (Phi) is 2.84. The first-order chi connectivity index (χ1) is 7.09. The minimum Gasteiger partial charge on any atom is -0.465 e. The Morgan fingerprint density at radius 2 is 2.00 bits per heavy atom. The van der Waals surface area contributed by atoms with Crippen molar-refractivity contribution in [3.63, 3.8) is 0 Å². The van der Waals surface area contributed by atoms with E-state index in [2.05, 4.69) is 11.8 Å². The maximum absolute atomic E-state index is 10.7. The van der Waals surface area contributed by atoms with Crippen molar-refractivity contribution in [1.29, 1.82) is 0 Å². The second-order valence-corrected chi connectivity index (χ2v) is 4.60. The van der Waals surface area contributed by atoms with Crippen molar-refractivity contribution in [2.45, 2.75) is 18.9 Å². The largest absolute Gasteiger partial charge is 0.465 e. The van der Waals surface area contributed by atoms with Crippen molar-refractivity contribution in [2.24, 2.45) is 0 Å². The summed E-state index contributed by atoms with van der Waals surface area (Å²) in [5.41, 5.74) is 0.115. The highest BCUT2D eigenvalue weighted by atomic mass is 16.6. The van der Waals surface area contributed by atoms with Crippen LogP contribution in [0.3, 0.4) is 0 Å². The van der Waals surface area contributed by atoms with Gasteiger partial charge >= 0.3 is 6.09 Å². The van der Waals surface area contributed by atoms with Gasteiger partial charge in [-0.3, -0.25) is 4.90 Å². The lowest BCUT2D eigenvalue weighted by molar-refractivity contribution is 0.101. The van der Waals surface area contributed by atoms with E-state index in [4.69, 9.17) is 9.84 Å². The predicted octanol–water partition coefficient (Wildman–Crippen LogP) is 0.461. The summed E-state index contributed by atoms with van der Waals surface area (Å²) in [7, 11) is 0. The smallest absolute Gasteiger partial charge is 0.407 e. The van der Waals surface area contributed by atoms with Crippen molar-refractivity contribution >= 4 is 6.09 Å². The Morgan fingerprint density at radius 3 is 2.47 bits per heavy atom. The molecule has 0 bridgehead atoms. The minimum absolute atomic E-state index is 0.115. The molecule has 0 aliphatic carbocycles. The number of nitrogens with zero attached hydrogens (tertiary/aromatic N) is 2. The number of rotatable bonds is 3. The van der Waals surface area contributed by atoms with Crippen molar-refractivity contribution in [2.75, 3.05) is 39.3 Å². The fraction of sp³-hybridized carbons (Fsp3) is 0.900. The molecule has 0 aromatic rings. The quantitative estimate of drug-likeness (QED) is 0.693. The summed E-state index contributed by atoms with van der Waals surface area (Å²) in [6.45, 7) is 6.98. The number of hydrogen-bond donors (Lipinski definition) is 1. The first kappa shape index (κ1) is 10.7. The highest BCUT2D eigenvalue weighted by molar-refractivity contribution is 5.65. The van der Waals surface area contributed by atoms with Crippen LogP contribution in [0.4, 0.5) is 4.79 Å². The molecule has 2 fully saturated rings. The second kappa shape index (κ2) is 3.98. The summed E-state index contributed by atoms with van der Waals surface area (Å²) in [5, 5.41) is 8.78. The van der Waals surface area contributed by atoms with Gasteiger partial charge in [-0.2, -0.15) is 0 Å². The molecule has 2 saturated heterocycles. The molecule has 0 aromatic heterocycles. The molecule has 1 amide bonds. The molecule has 2 rings (SSSR count). The molecular formula is C10H18N2O3. The highest BCUT2D eigenvalue weighted by Crippen LogP contribution is 2.29. The summed E-state index contributed by atoms with van der Waals surface area (Å²) in [5.74, 6) is 0. The van der Waals surface area contributed by atoms with Gasteiger partial charge < -0.3 is 14.7 Å². The van der Waals surface area contributed by atoms with Crippen molar-refractivity contribution in [3.8, 4) is 0 Å². The number of epoxide rings is 1. The van der Waals surface area contributed by atoms with Crippen LogP contribution in [-0.2, 0) is 4.74 Å². The molecular weight excluding hydrogens is 196 g/mol. The fourth-order valence-corrected chi connectivity index (χ4v) is 1.82. The zero-order valence-corrected chi connectivity index (χ0v) is 9.11. The summed E-state index contributed by atoms with van der Waals surface area (Å²) >= 11 is 0. The summed E-state index contributed by atoms with van der Waals surface area (Å²) in [6.07, 6.45) is 0.257. The van der Waals surface area contributed by atoms with Crippen LogP contribution in [-0.4, -0.2) is 65.9 Å². The second-order valence-electron chi connectivity index (χ2n) is 4.60. The van der Waals surface area contributed by atoms with Gasteiger partial charge in [-0.05, 0) is 13.3 Å². The number of piperazine rings is 1. The number of amides is 1. The molecule has 1 unspecified atom stereocenters. The molecule has 2 aliphatic rings. The molecule has 0 aromatic carbocycles. The van der Waals surface area contributed by atoms with Crippen molar-refractivity contribution < 1.29 is 14.6 Å². The maximum Gasteiger partial charge on any atom is 0.407 e. The van der Waals surface area contributed by atoms with Crippen LogP contribution in [0.25, 0.3) is 0 Å². The zero-order valence-electron chi connectivity index (χ0n) is 9.11. The SMILES string of the molecule is CC1(CCN2CCN(C(=O)O)CC2)CO1. The maximum atomic E-state index is 10.7. The Hall–Kier alpha value is -0.810. The van der Waals surface area contributed by atoms with Crippen LogP contribution in [0, 0.1) is 0 Å². The van der Waals surface area contributed by atoms with E-state index in [0.29, 0.717) is 13.1 Å². The lowest BCUT2D eigenvalue weighted by Crippen LogP contribution is -2.48. The lowest BCUT2D eigenvalue weighted by Gasteiger charge is -2.33. The Bertz CT molecular complexity index is 245. The molecule has 86 valence electrons. The van der Waals surface area contributed by atoms with Crippen LogP contribution in [0.1, 0.15) is 13.3 Å². The summed E-state index contributed by atoms with van der Waals surface area (Å²) in [6, 6.07) is 0. The van der Waals surface area contributed by atoms with E-state index in [1.807, 2.05) is 0 Å². The molecule has 5 nitrogen and oxygen atoms in total. The van der Waals surface area contributed by atoms with E-state index in [9.17, 15) is 4.79 Å². The van der Waals surface area contributed by atoms with E-state index < -0.39 is 6.09 Å². The van der Waals surface area contributed by atoms with Crippen LogP contribution in [0.2, 0.25) is 0 Å². The monoisotopic (exact) mass is 214 g/mol. The molecule has 0 saturated carbocycles. The van der Waals surface area contributed by atoms with Gasteiger partial charge in [0.05, 0.1) is 12.2 Å². The summed E-state index contributed by atoms with van der Waals surface area (Å²) < 4.78 is 5.32. The van der Waals surface area contributed by atoms with E-state index >= 15 is 0 Å². The predicted molar refractivity (Wildman–Crippen MR) is 55.0 cm³/mol. The average molecular weight is 214 g/mol. The van der Waals surface area contributed by atoms with Gasteiger partial charge in [-0.15, -0.1) is 0 Å². The topological polar surface area (TPSA) is 56.3 Å². The first-order valence-electron chi connectivity index (χ1n) is 5.43. The van der Waals surface area contributed by atoms with Crippen LogP contribution in [0.5, 0.6) is 0 Å². The standard InChI is InChI=1S/C10H18N2O3/c1-10(8-15-10)2-3-11-4-6-12(7-5-11)9(13)14/h2-8H2,1H3,(H,13,14). The third kappa shape index (κ3) is 2.82. The van der Waals surface area contributed by atoms with E-state index in [-0.39, 0.29) is 5.60 Å². The van der Waals surface area contributed by atoms with E-state index in [1.165, 1.54) is 4.90 Å². The fourth-order valence-electron chi connectivity index (χ4n) is 1.82. The lowest BCUT2D eigenvalue weighted by atomic mass is 10.1. The van der Waals surface area contributed by atoms with Crippen molar-refractivity contribution in [3.05, 3.63) is 0 Å². The van der Waals surface area contributed by atoms with Gasteiger partial charge in [0, 0.05) is 32.7 Å². The van der Waals surface area contributed by atoms with Gasteiger partial charge in [-0.25, -0.2) is 4.79 Å². The Balaban J connectivity index is 1.67. The average Bonchev–Trinajstić information content (AvgIpc) is 2.95. The molecule has 15 heavy (non-hydrogen) atoms. The van der Waals surface area contributed by atoms with Gasteiger partial charge in [0.15, 0.2) is 0 Å². The molecule has 2 aliphatic heterocycles. The minimum atomic E-state index is -0.799. The summed E-state index contributed by atoms with van der Waals surface area (Å²) in [4.78, 5) is 14.5. The number of hydrogen-bond acceptors (Lipinski definition) is 3. The Labute approximate surface area is 89.6 Å². The van der Waals surface area contributed by atoms with Crippen LogP contribution in [0.15, 0.2) is 0 Å². The van der Waals surface area contributed by atoms with Crippen LogP contribution >= 0.6 is 0 Å². The van der Waals surface area contributed by atoms with Gasteiger partial charge in [-0.1, -0.05) is 0 Å². The highest BCUT2D eigenvalue weighted by Gasteiger charge is 2.39. The van der Waals surface area contributed by atoms with E-state index in [0.717, 1.165) is 32.7 Å². The van der Waals surface area contributed by atoms with Gasteiger partial charge in [0.1, 0.15) is 0 Å². The molecule has 0 spiro atoms. The van der Waals surface area contributed by atoms with Gasteiger partial charge in [0.2, 0.25) is 0 Å². The normalized spacial score (nSPS) is 31.7. The molecule has 0 radical (unpaired) electrons. The molecule has 1 N–H and O–H groups in total. The first-order valence-corrected chi connectivity index (χ1v) is 5.43. The number of carboxylic acid groups (broad SMARTS) is 1.